The van der Waals surface area contributed by atoms with Crippen LogP contribution >= 0.6 is 11.6 Å². The van der Waals surface area contributed by atoms with Crippen LogP contribution < -0.4 is 10.1 Å². The van der Waals surface area contributed by atoms with Crippen LogP contribution in [0.15, 0.2) is 36.4 Å². The second-order valence-electron chi connectivity index (χ2n) is 6.76. The molecule has 1 heterocycles. The van der Waals surface area contributed by atoms with Gasteiger partial charge in [-0.15, -0.1) is 0 Å². The van der Waals surface area contributed by atoms with Crippen LogP contribution in [0, 0.1) is 12.7 Å². The zero-order valence-corrected chi connectivity index (χ0v) is 14.6. The molecule has 1 amide bonds. The van der Waals surface area contributed by atoms with Crippen LogP contribution in [0.3, 0.4) is 0 Å². The van der Waals surface area contributed by atoms with Crippen LogP contribution in [-0.2, 0) is 0 Å². The number of hydrogen-bond acceptors (Lipinski definition) is 2. The van der Waals surface area contributed by atoms with Crippen molar-refractivity contribution in [1.29, 1.82) is 0 Å². The summed E-state index contributed by atoms with van der Waals surface area (Å²) in [6, 6.07) is 9.68. The number of ether oxygens (including phenoxy) is 1. The summed E-state index contributed by atoms with van der Waals surface area (Å²) >= 11 is 5.74. The van der Waals surface area contributed by atoms with Crippen LogP contribution in [0.5, 0.6) is 5.75 Å². The quantitative estimate of drug-likeness (QED) is 0.845. The van der Waals surface area contributed by atoms with Gasteiger partial charge in [-0.1, -0.05) is 23.7 Å². The highest BCUT2D eigenvalue weighted by atomic mass is 35.5. The first-order chi connectivity index (χ1) is 11.2. The summed E-state index contributed by atoms with van der Waals surface area (Å²) in [6.07, 6.45) is 0.601. The largest absolute Gasteiger partial charge is 0.487 e. The molecule has 3 rings (SSSR count). The van der Waals surface area contributed by atoms with Crippen molar-refractivity contribution in [1.82, 2.24) is 5.32 Å². The maximum absolute atomic E-state index is 14.0. The lowest BCUT2D eigenvalue weighted by atomic mass is 9.89. The van der Waals surface area contributed by atoms with E-state index in [9.17, 15) is 9.18 Å². The Balaban J connectivity index is 1.90. The summed E-state index contributed by atoms with van der Waals surface area (Å²) in [5.41, 5.74) is 1.55. The topological polar surface area (TPSA) is 38.3 Å². The molecule has 1 aliphatic heterocycles. The van der Waals surface area contributed by atoms with Gasteiger partial charge in [0.25, 0.3) is 5.91 Å². The number of halogens is 2. The molecule has 126 valence electrons. The van der Waals surface area contributed by atoms with Gasteiger partial charge in [0.1, 0.15) is 17.2 Å². The molecule has 0 fully saturated rings. The number of amides is 1. The molecule has 0 bridgehead atoms. The van der Waals surface area contributed by atoms with Crippen molar-refractivity contribution in [2.45, 2.75) is 38.8 Å². The highest BCUT2D eigenvalue weighted by Gasteiger charge is 2.34. The monoisotopic (exact) mass is 347 g/mol. The third-order valence-corrected chi connectivity index (χ3v) is 4.34. The average molecular weight is 348 g/mol. The predicted molar refractivity (Wildman–Crippen MR) is 92.1 cm³/mol. The molecule has 0 saturated heterocycles. The molecule has 0 unspecified atom stereocenters. The summed E-state index contributed by atoms with van der Waals surface area (Å²) < 4.78 is 20.0. The number of fused-ring (bicyclic) bond motifs is 1. The molecule has 0 radical (unpaired) electrons. The highest BCUT2D eigenvalue weighted by Crippen LogP contribution is 2.40. The van der Waals surface area contributed by atoms with E-state index in [1.165, 1.54) is 12.1 Å². The minimum absolute atomic E-state index is 0.0163. The van der Waals surface area contributed by atoms with Gasteiger partial charge in [0.2, 0.25) is 0 Å². The number of carbonyl (C=O) groups excluding carboxylic acids is 1. The number of rotatable bonds is 2. The van der Waals surface area contributed by atoms with Crippen LogP contribution in [0.2, 0.25) is 5.02 Å². The van der Waals surface area contributed by atoms with Gasteiger partial charge in [-0.3, -0.25) is 4.79 Å². The second-order valence-corrected chi connectivity index (χ2v) is 7.19. The van der Waals surface area contributed by atoms with E-state index in [1.54, 1.807) is 0 Å². The van der Waals surface area contributed by atoms with Crippen molar-refractivity contribution in [2.24, 2.45) is 0 Å². The van der Waals surface area contributed by atoms with Gasteiger partial charge in [-0.25, -0.2) is 4.39 Å². The highest BCUT2D eigenvalue weighted by molar-refractivity contribution is 6.30. The fourth-order valence-corrected chi connectivity index (χ4v) is 3.16. The van der Waals surface area contributed by atoms with E-state index >= 15 is 0 Å². The maximum atomic E-state index is 14.0. The summed E-state index contributed by atoms with van der Waals surface area (Å²) in [5.74, 6) is -0.332. The molecule has 0 aromatic heterocycles. The molecule has 24 heavy (non-hydrogen) atoms. The lowest BCUT2D eigenvalue weighted by molar-refractivity contribution is 0.0618. The molecule has 0 saturated carbocycles. The second kappa shape index (κ2) is 6.10. The van der Waals surface area contributed by atoms with E-state index < -0.39 is 17.3 Å². The van der Waals surface area contributed by atoms with E-state index in [0.717, 1.165) is 22.9 Å². The summed E-state index contributed by atoms with van der Waals surface area (Å²) in [4.78, 5) is 12.5. The standard InChI is InChI=1S/C19H19ClFNO2/c1-11-4-6-14-16(10-19(2,3)24-17(14)8-11)22-18(23)13-7-5-12(20)9-15(13)21/h4-9,16H,10H2,1-3H3,(H,22,23)/t16-/m0/s1. The van der Waals surface area contributed by atoms with E-state index in [0.29, 0.717) is 6.42 Å². The minimum Gasteiger partial charge on any atom is -0.487 e. The maximum Gasteiger partial charge on any atom is 0.254 e. The van der Waals surface area contributed by atoms with Gasteiger partial charge in [-0.05, 0) is 50.6 Å². The number of hydrogen-bond donors (Lipinski definition) is 1. The molecule has 1 atom stereocenters. The van der Waals surface area contributed by atoms with Gasteiger partial charge < -0.3 is 10.1 Å². The van der Waals surface area contributed by atoms with Crippen LogP contribution in [0.25, 0.3) is 0 Å². The fourth-order valence-electron chi connectivity index (χ4n) is 3.00. The Morgan fingerprint density at radius 3 is 2.75 bits per heavy atom. The molecule has 2 aromatic carbocycles. The van der Waals surface area contributed by atoms with Crippen molar-refractivity contribution < 1.29 is 13.9 Å². The lowest BCUT2D eigenvalue weighted by Crippen LogP contribution is -2.41. The van der Waals surface area contributed by atoms with E-state index in [4.69, 9.17) is 16.3 Å². The summed E-state index contributed by atoms with van der Waals surface area (Å²) in [7, 11) is 0. The zero-order chi connectivity index (χ0) is 17.5. The van der Waals surface area contributed by atoms with Gasteiger partial charge in [0.15, 0.2) is 0 Å². The van der Waals surface area contributed by atoms with Crippen molar-refractivity contribution in [3.05, 3.63) is 63.9 Å². The number of carbonyl (C=O) groups is 1. The van der Waals surface area contributed by atoms with Gasteiger partial charge in [0.05, 0.1) is 11.6 Å². The van der Waals surface area contributed by atoms with E-state index in [-0.39, 0.29) is 16.6 Å². The summed E-state index contributed by atoms with van der Waals surface area (Å²) in [6.45, 7) is 5.93. The molecular weight excluding hydrogens is 329 g/mol. The Kier molecular flexibility index (Phi) is 4.26. The smallest absolute Gasteiger partial charge is 0.254 e. The third-order valence-electron chi connectivity index (χ3n) is 4.11. The molecular formula is C19H19ClFNO2. The first-order valence-corrected chi connectivity index (χ1v) is 8.18. The van der Waals surface area contributed by atoms with Crippen molar-refractivity contribution in [2.75, 3.05) is 0 Å². The van der Waals surface area contributed by atoms with Gasteiger partial charge in [0, 0.05) is 17.0 Å². The van der Waals surface area contributed by atoms with E-state index in [2.05, 4.69) is 5.32 Å². The molecule has 1 N–H and O–H groups in total. The van der Waals surface area contributed by atoms with E-state index in [1.807, 2.05) is 39.0 Å². The van der Waals surface area contributed by atoms with Crippen molar-refractivity contribution in [3.8, 4) is 5.75 Å². The third kappa shape index (κ3) is 3.39. The van der Waals surface area contributed by atoms with Crippen LogP contribution in [0.1, 0.15) is 47.8 Å². The van der Waals surface area contributed by atoms with Crippen molar-refractivity contribution >= 4 is 17.5 Å². The first kappa shape index (κ1) is 16.8. The fraction of sp³-hybridized carbons (Fsp3) is 0.316. The normalized spacial score (nSPS) is 18.5. The Labute approximate surface area is 145 Å². The first-order valence-electron chi connectivity index (χ1n) is 7.81. The van der Waals surface area contributed by atoms with Gasteiger partial charge >= 0.3 is 0 Å². The minimum atomic E-state index is -0.629. The Hall–Kier alpha value is -2.07. The molecule has 2 aromatic rings. The lowest BCUT2D eigenvalue weighted by Gasteiger charge is -2.38. The molecule has 1 aliphatic rings. The average Bonchev–Trinajstić information content (AvgIpc) is 2.45. The number of nitrogens with one attached hydrogen (secondary N) is 1. The van der Waals surface area contributed by atoms with Crippen molar-refractivity contribution in [3.63, 3.8) is 0 Å². The number of aryl methyl sites for hydroxylation is 1. The Morgan fingerprint density at radius 1 is 1.29 bits per heavy atom. The Morgan fingerprint density at radius 2 is 2.04 bits per heavy atom. The number of benzene rings is 2. The molecule has 5 heteroatoms. The molecule has 3 nitrogen and oxygen atoms in total. The Bertz CT molecular complexity index is 804. The van der Waals surface area contributed by atoms with Crippen LogP contribution in [-0.4, -0.2) is 11.5 Å². The predicted octanol–water partition coefficient (Wildman–Crippen LogP) is 4.82. The SMILES string of the molecule is Cc1ccc2c(c1)OC(C)(C)C[C@@H]2NC(=O)c1ccc(Cl)cc1F. The van der Waals surface area contributed by atoms with Gasteiger partial charge in [-0.2, -0.15) is 0 Å². The zero-order valence-electron chi connectivity index (χ0n) is 13.8. The van der Waals surface area contributed by atoms with Crippen LogP contribution in [0.4, 0.5) is 4.39 Å². The molecule has 0 aliphatic carbocycles. The summed E-state index contributed by atoms with van der Waals surface area (Å²) in [5, 5.41) is 3.19. The molecule has 0 spiro atoms.